The maximum absolute atomic E-state index is 12.8. The molecule has 0 N–H and O–H groups in total. The van der Waals surface area contributed by atoms with E-state index in [-0.39, 0.29) is 5.91 Å². The number of aryl methyl sites for hydroxylation is 3. The predicted octanol–water partition coefficient (Wildman–Crippen LogP) is 3.82. The van der Waals surface area contributed by atoms with Gasteiger partial charge >= 0.3 is 0 Å². The summed E-state index contributed by atoms with van der Waals surface area (Å²) in [6, 6.07) is 12.1. The molecule has 1 heterocycles. The average Bonchev–Trinajstić information content (AvgIpc) is 2.71. The molecule has 3 rings (SSSR count). The molecular formula is C25H35N3O3S. The van der Waals surface area contributed by atoms with Crippen LogP contribution in [0.4, 0.5) is 11.4 Å². The van der Waals surface area contributed by atoms with Crippen molar-refractivity contribution in [1.82, 2.24) is 4.90 Å². The van der Waals surface area contributed by atoms with Crippen LogP contribution in [0.2, 0.25) is 0 Å². The number of sulfonamides is 1. The van der Waals surface area contributed by atoms with Crippen LogP contribution in [0.1, 0.15) is 35.1 Å². The van der Waals surface area contributed by atoms with E-state index in [0.717, 1.165) is 24.2 Å². The summed E-state index contributed by atoms with van der Waals surface area (Å²) < 4.78 is 26.2. The molecule has 0 bridgehead atoms. The minimum Gasteiger partial charge on any atom is -0.368 e. The summed E-state index contributed by atoms with van der Waals surface area (Å²) in [4.78, 5) is 17.0. The van der Waals surface area contributed by atoms with Gasteiger partial charge in [0.2, 0.25) is 15.9 Å². The van der Waals surface area contributed by atoms with Gasteiger partial charge in [-0.05, 0) is 74.6 Å². The van der Waals surface area contributed by atoms with Crippen LogP contribution < -0.4 is 9.21 Å². The fraction of sp³-hybridized carbons (Fsp3) is 0.480. The molecule has 1 saturated heterocycles. The summed E-state index contributed by atoms with van der Waals surface area (Å²) in [5, 5.41) is 0. The van der Waals surface area contributed by atoms with Crippen LogP contribution in [-0.2, 0) is 14.8 Å². The Labute approximate surface area is 192 Å². The van der Waals surface area contributed by atoms with Gasteiger partial charge in [0, 0.05) is 44.8 Å². The number of piperazine rings is 1. The third-order valence-corrected chi connectivity index (χ3v) is 7.39. The van der Waals surface area contributed by atoms with Crippen LogP contribution in [0, 0.1) is 27.7 Å². The molecule has 0 aromatic heterocycles. The number of amides is 1. The number of benzene rings is 2. The van der Waals surface area contributed by atoms with Crippen molar-refractivity contribution in [2.24, 2.45) is 0 Å². The highest BCUT2D eigenvalue weighted by molar-refractivity contribution is 7.92. The van der Waals surface area contributed by atoms with E-state index in [1.54, 1.807) is 0 Å². The minimum absolute atomic E-state index is 0.0967. The Morgan fingerprint density at radius 3 is 2.19 bits per heavy atom. The summed E-state index contributed by atoms with van der Waals surface area (Å²) >= 11 is 0. The first kappa shape index (κ1) is 24.1. The van der Waals surface area contributed by atoms with Crippen molar-refractivity contribution in [3.63, 3.8) is 0 Å². The predicted molar refractivity (Wildman–Crippen MR) is 132 cm³/mol. The number of hydrogen-bond acceptors (Lipinski definition) is 4. The van der Waals surface area contributed by atoms with Crippen LogP contribution in [0.3, 0.4) is 0 Å². The SMILES string of the molecule is Cc1cc(C)cc(N(CCCC(=O)N2CCN(c3cccc(C)c3C)CC2)S(C)(=O)=O)c1. The molecular weight excluding hydrogens is 422 g/mol. The Morgan fingerprint density at radius 1 is 0.969 bits per heavy atom. The van der Waals surface area contributed by atoms with Crippen molar-refractivity contribution >= 4 is 27.3 Å². The Morgan fingerprint density at radius 2 is 1.59 bits per heavy atom. The molecule has 0 spiro atoms. The van der Waals surface area contributed by atoms with E-state index in [9.17, 15) is 13.2 Å². The normalized spacial score (nSPS) is 14.5. The lowest BCUT2D eigenvalue weighted by Gasteiger charge is -2.37. The molecule has 1 amide bonds. The standard InChI is InChI=1S/C25H35N3O3S/c1-19-16-20(2)18-23(17-19)28(32(5,30)31)11-7-10-25(29)27-14-12-26(13-15-27)24-9-6-8-21(3)22(24)4/h6,8-9,16-18H,7,10-15H2,1-5H3. The molecule has 2 aromatic rings. The molecule has 0 aliphatic carbocycles. The molecule has 1 aliphatic heterocycles. The first-order valence-corrected chi connectivity index (χ1v) is 13.1. The van der Waals surface area contributed by atoms with Crippen LogP contribution in [-0.4, -0.2) is 58.2 Å². The van der Waals surface area contributed by atoms with Gasteiger partial charge in [0.05, 0.1) is 11.9 Å². The van der Waals surface area contributed by atoms with Gasteiger partial charge in [-0.3, -0.25) is 9.10 Å². The zero-order valence-corrected chi connectivity index (χ0v) is 20.7. The van der Waals surface area contributed by atoms with Crippen molar-refractivity contribution < 1.29 is 13.2 Å². The quantitative estimate of drug-likeness (QED) is 0.634. The third kappa shape index (κ3) is 5.82. The van der Waals surface area contributed by atoms with Gasteiger partial charge < -0.3 is 9.80 Å². The van der Waals surface area contributed by atoms with Gasteiger partial charge in [-0.25, -0.2) is 8.42 Å². The molecule has 6 nitrogen and oxygen atoms in total. The molecule has 174 valence electrons. The lowest BCUT2D eigenvalue weighted by molar-refractivity contribution is -0.131. The summed E-state index contributed by atoms with van der Waals surface area (Å²) in [7, 11) is -3.42. The molecule has 2 aromatic carbocycles. The third-order valence-electron chi connectivity index (χ3n) is 6.20. The molecule has 1 aliphatic rings. The van der Waals surface area contributed by atoms with E-state index in [1.807, 2.05) is 36.9 Å². The highest BCUT2D eigenvalue weighted by Gasteiger charge is 2.23. The maximum atomic E-state index is 12.8. The Hall–Kier alpha value is -2.54. The summed E-state index contributed by atoms with van der Waals surface area (Å²) in [6.07, 6.45) is 2.06. The Bertz CT molecular complexity index is 1050. The zero-order valence-electron chi connectivity index (χ0n) is 19.9. The van der Waals surface area contributed by atoms with Crippen molar-refractivity contribution in [2.45, 2.75) is 40.5 Å². The first-order valence-electron chi connectivity index (χ1n) is 11.2. The van der Waals surface area contributed by atoms with Crippen molar-refractivity contribution in [3.8, 4) is 0 Å². The first-order chi connectivity index (χ1) is 15.1. The van der Waals surface area contributed by atoms with E-state index in [1.165, 1.54) is 27.4 Å². The number of nitrogens with zero attached hydrogens (tertiary/aromatic N) is 3. The lowest BCUT2D eigenvalue weighted by Crippen LogP contribution is -2.49. The molecule has 0 atom stereocenters. The van der Waals surface area contributed by atoms with Crippen molar-refractivity contribution in [2.75, 3.05) is 48.2 Å². The fourth-order valence-corrected chi connectivity index (χ4v) is 5.34. The van der Waals surface area contributed by atoms with E-state index in [0.29, 0.717) is 38.2 Å². The smallest absolute Gasteiger partial charge is 0.232 e. The monoisotopic (exact) mass is 457 g/mol. The number of carbonyl (C=O) groups is 1. The second-order valence-electron chi connectivity index (χ2n) is 8.87. The number of hydrogen-bond donors (Lipinski definition) is 0. The molecule has 1 fully saturated rings. The topological polar surface area (TPSA) is 60.9 Å². The molecule has 7 heteroatoms. The molecule has 0 unspecified atom stereocenters. The van der Waals surface area contributed by atoms with E-state index in [2.05, 4.69) is 36.9 Å². The lowest BCUT2D eigenvalue weighted by atomic mass is 10.1. The van der Waals surface area contributed by atoms with Gasteiger partial charge in [-0.1, -0.05) is 18.2 Å². The number of carbonyl (C=O) groups excluding carboxylic acids is 1. The average molecular weight is 458 g/mol. The van der Waals surface area contributed by atoms with E-state index in [4.69, 9.17) is 0 Å². The van der Waals surface area contributed by atoms with Crippen LogP contribution in [0.15, 0.2) is 36.4 Å². The highest BCUT2D eigenvalue weighted by Crippen LogP contribution is 2.25. The highest BCUT2D eigenvalue weighted by atomic mass is 32.2. The van der Waals surface area contributed by atoms with Gasteiger partial charge in [-0.2, -0.15) is 0 Å². The minimum atomic E-state index is -3.42. The molecule has 0 radical (unpaired) electrons. The fourth-order valence-electron chi connectivity index (χ4n) is 4.39. The maximum Gasteiger partial charge on any atom is 0.232 e. The number of anilines is 2. The molecule has 0 saturated carbocycles. The van der Waals surface area contributed by atoms with Gasteiger partial charge in [0.15, 0.2) is 0 Å². The van der Waals surface area contributed by atoms with Crippen LogP contribution in [0.25, 0.3) is 0 Å². The van der Waals surface area contributed by atoms with Crippen molar-refractivity contribution in [3.05, 3.63) is 58.7 Å². The second-order valence-corrected chi connectivity index (χ2v) is 10.8. The van der Waals surface area contributed by atoms with Gasteiger partial charge in [0.25, 0.3) is 0 Å². The zero-order chi connectivity index (χ0) is 23.5. The second kappa shape index (κ2) is 9.94. The van der Waals surface area contributed by atoms with Crippen molar-refractivity contribution in [1.29, 1.82) is 0 Å². The van der Waals surface area contributed by atoms with Gasteiger partial charge in [-0.15, -0.1) is 0 Å². The Balaban J connectivity index is 1.55. The number of rotatable bonds is 7. The summed E-state index contributed by atoms with van der Waals surface area (Å²) in [6.45, 7) is 11.5. The van der Waals surface area contributed by atoms with E-state index < -0.39 is 10.0 Å². The largest absolute Gasteiger partial charge is 0.368 e. The van der Waals surface area contributed by atoms with E-state index >= 15 is 0 Å². The van der Waals surface area contributed by atoms with Gasteiger partial charge in [0.1, 0.15) is 0 Å². The molecule has 32 heavy (non-hydrogen) atoms. The Kier molecular flexibility index (Phi) is 7.49. The van der Waals surface area contributed by atoms with Crippen LogP contribution >= 0.6 is 0 Å². The van der Waals surface area contributed by atoms with Crippen LogP contribution in [0.5, 0.6) is 0 Å². The summed E-state index contributed by atoms with van der Waals surface area (Å²) in [5.74, 6) is 0.0967. The summed E-state index contributed by atoms with van der Waals surface area (Å²) in [5.41, 5.74) is 6.52.